The molecule has 240 valence electrons. The van der Waals surface area contributed by atoms with E-state index in [1.807, 2.05) is 0 Å². The summed E-state index contributed by atoms with van der Waals surface area (Å²) in [6.07, 6.45) is 3.88. The van der Waals surface area contributed by atoms with Crippen LogP contribution in [-0.2, 0) is 32.9 Å². The number of nitrogen functional groups attached to an aromatic ring is 1. The van der Waals surface area contributed by atoms with Crippen LogP contribution in [0.5, 0.6) is 5.75 Å². The van der Waals surface area contributed by atoms with E-state index in [1.54, 1.807) is 49.4 Å². The fourth-order valence-corrected chi connectivity index (χ4v) is 6.95. The highest BCUT2D eigenvalue weighted by atomic mass is 31.2. The maximum atomic E-state index is 14.2. The lowest BCUT2D eigenvalue weighted by Gasteiger charge is -2.30. The number of nitrogens with zero attached hydrogens (tertiary/aromatic N) is 4. The van der Waals surface area contributed by atoms with Gasteiger partial charge < -0.3 is 24.5 Å². The largest absolute Gasteiger partial charge is 0.461 e. The van der Waals surface area contributed by atoms with Crippen LogP contribution in [0.15, 0.2) is 48.8 Å². The third-order valence-electron chi connectivity index (χ3n) is 7.85. The van der Waals surface area contributed by atoms with Crippen molar-refractivity contribution in [1.82, 2.24) is 19.7 Å². The van der Waals surface area contributed by atoms with Crippen molar-refractivity contribution in [1.29, 1.82) is 5.26 Å². The van der Waals surface area contributed by atoms with Crippen LogP contribution in [-0.4, -0.2) is 57.0 Å². The van der Waals surface area contributed by atoms with Gasteiger partial charge in [-0.3, -0.25) is 14.1 Å². The van der Waals surface area contributed by atoms with E-state index in [1.165, 1.54) is 17.8 Å². The molecule has 3 N–H and O–H groups in total. The topological polar surface area (TPSA) is 189 Å². The van der Waals surface area contributed by atoms with Crippen LogP contribution in [0.4, 0.5) is 5.82 Å². The van der Waals surface area contributed by atoms with E-state index in [2.05, 4.69) is 21.2 Å². The molecule has 2 aromatic heterocycles. The molecule has 0 radical (unpaired) electrons. The molecule has 0 bridgehead atoms. The Morgan fingerprint density at radius 1 is 1.20 bits per heavy atom. The highest BCUT2D eigenvalue weighted by Gasteiger charge is 2.54. The van der Waals surface area contributed by atoms with E-state index in [0.29, 0.717) is 11.2 Å². The monoisotopic (exact) mass is 640 g/mol. The molecule has 14 nitrogen and oxygen atoms in total. The Labute approximate surface area is 260 Å². The number of nitriles is 1. The highest BCUT2D eigenvalue weighted by Crippen LogP contribution is 2.49. The number of anilines is 1. The van der Waals surface area contributed by atoms with Gasteiger partial charge >= 0.3 is 19.7 Å². The number of nitrogens with one attached hydrogen (secondary N) is 1. The molecule has 5 rings (SSSR count). The molecule has 5 atom stereocenters. The quantitative estimate of drug-likeness (QED) is 0.209. The Balaban J connectivity index is 1.39. The van der Waals surface area contributed by atoms with Crippen molar-refractivity contribution in [3.05, 3.63) is 54.5 Å². The summed E-state index contributed by atoms with van der Waals surface area (Å²) < 4.78 is 45.0. The molecule has 3 heterocycles. The number of carbonyl (C=O) groups is 2. The molecule has 1 aliphatic heterocycles. The smallest absolute Gasteiger partial charge is 0.459 e. The van der Waals surface area contributed by atoms with E-state index in [4.69, 9.17) is 29.0 Å². The second-order valence-corrected chi connectivity index (χ2v) is 12.8. The molecule has 1 saturated heterocycles. The standard InChI is InChI=1S/C30H37N6O8P/c1-3-27(37)42-26-16-25(23-14-15-24-28(32)33-19-34-36(23)24)43-30(26,17-31)18-40-45(39,44-22-12-8-5-9-13-22)35-20(2)29(38)41-21-10-6-4-7-11-21/h5,8-9,12-15,19-21,25-26H,3-4,6-7,10-11,16,18H2,1-2H3,(H,35,39)(H2,32,33,34)/t20-,25+,26-,30+,45?/m0/s1. The normalized spacial score (nSPS) is 23.9. The van der Waals surface area contributed by atoms with Gasteiger partial charge in [0.1, 0.15) is 54.6 Å². The Hall–Kier alpha value is -4.02. The number of rotatable bonds is 12. The average molecular weight is 641 g/mol. The number of esters is 2. The summed E-state index contributed by atoms with van der Waals surface area (Å²) in [6.45, 7) is 2.48. The van der Waals surface area contributed by atoms with Crippen molar-refractivity contribution >= 4 is 31.0 Å². The van der Waals surface area contributed by atoms with E-state index < -0.39 is 50.1 Å². The number of aromatic nitrogens is 3. The summed E-state index contributed by atoms with van der Waals surface area (Å²) in [7, 11) is -4.37. The summed E-state index contributed by atoms with van der Waals surface area (Å²) in [6, 6.07) is 12.7. The molecular weight excluding hydrogens is 603 g/mol. The van der Waals surface area contributed by atoms with Gasteiger partial charge in [0.05, 0.1) is 5.69 Å². The third-order valence-corrected chi connectivity index (χ3v) is 9.48. The zero-order valence-corrected chi connectivity index (χ0v) is 26.1. The minimum atomic E-state index is -4.37. The molecule has 1 unspecified atom stereocenters. The SMILES string of the molecule is CCC(=O)O[C@H]1C[C@H](c2ccc3c(N)ncnn23)O[C@]1(C#N)COP(=O)(N[C@@H](C)C(=O)OC1CCCCC1)Oc1ccccc1. The second kappa shape index (κ2) is 14.0. The van der Waals surface area contributed by atoms with Crippen molar-refractivity contribution in [2.75, 3.05) is 12.3 Å². The van der Waals surface area contributed by atoms with E-state index in [0.717, 1.165) is 32.1 Å². The zero-order valence-electron chi connectivity index (χ0n) is 25.2. The lowest BCUT2D eigenvalue weighted by molar-refractivity contribution is -0.157. The van der Waals surface area contributed by atoms with Crippen LogP contribution >= 0.6 is 7.75 Å². The maximum Gasteiger partial charge on any atom is 0.459 e. The fourth-order valence-electron chi connectivity index (χ4n) is 5.43. The van der Waals surface area contributed by atoms with Crippen LogP contribution in [0, 0.1) is 11.3 Å². The van der Waals surface area contributed by atoms with Crippen molar-refractivity contribution in [3.63, 3.8) is 0 Å². The summed E-state index contributed by atoms with van der Waals surface area (Å²) >= 11 is 0. The van der Waals surface area contributed by atoms with E-state index in [-0.39, 0.29) is 30.5 Å². The van der Waals surface area contributed by atoms with Gasteiger partial charge in [-0.2, -0.15) is 15.4 Å². The van der Waals surface area contributed by atoms with E-state index in [9.17, 15) is 19.4 Å². The summed E-state index contributed by atoms with van der Waals surface area (Å²) in [5.74, 6) is -0.718. The Morgan fingerprint density at radius 2 is 1.96 bits per heavy atom. The average Bonchev–Trinajstić information content (AvgIpc) is 3.63. The van der Waals surface area contributed by atoms with Gasteiger partial charge in [0.2, 0.25) is 5.60 Å². The lowest BCUT2D eigenvalue weighted by Crippen LogP contribution is -2.45. The van der Waals surface area contributed by atoms with Gasteiger partial charge in [-0.05, 0) is 56.9 Å². The predicted octanol–water partition coefficient (Wildman–Crippen LogP) is 4.41. The predicted molar refractivity (Wildman–Crippen MR) is 161 cm³/mol. The molecular formula is C30H37N6O8P. The summed E-state index contributed by atoms with van der Waals surface area (Å²) in [5, 5.41) is 17.4. The first-order chi connectivity index (χ1) is 21.6. The molecule has 0 amide bonds. The number of ether oxygens (including phenoxy) is 3. The Morgan fingerprint density at radius 3 is 2.67 bits per heavy atom. The number of hydrogen-bond acceptors (Lipinski definition) is 12. The van der Waals surface area contributed by atoms with Crippen LogP contribution in [0.25, 0.3) is 5.52 Å². The molecule has 1 saturated carbocycles. The number of carbonyl (C=O) groups excluding carboxylic acids is 2. The van der Waals surface area contributed by atoms with Crippen molar-refractivity contribution < 1.29 is 37.4 Å². The molecule has 15 heteroatoms. The van der Waals surface area contributed by atoms with Gasteiger partial charge in [0.25, 0.3) is 0 Å². The first-order valence-corrected chi connectivity index (χ1v) is 16.5. The van der Waals surface area contributed by atoms with Crippen LogP contribution in [0.1, 0.15) is 70.6 Å². The molecule has 1 aliphatic carbocycles. The molecule has 3 aromatic rings. The molecule has 2 fully saturated rings. The minimum Gasteiger partial charge on any atom is -0.461 e. The molecule has 2 aliphatic rings. The fraction of sp³-hybridized carbons (Fsp3) is 0.500. The van der Waals surface area contributed by atoms with Crippen molar-refractivity contribution in [3.8, 4) is 11.8 Å². The lowest BCUT2D eigenvalue weighted by atomic mass is 9.98. The highest BCUT2D eigenvalue weighted by molar-refractivity contribution is 7.52. The first kappa shape index (κ1) is 32.4. The number of benzene rings is 1. The number of nitrogens with two attached hydrogens (primary N) is 1. The zero-order chi connectivity index (χ0) is 32.0. The maximum absolute atomic E-state index is 14.2. The van der Waals surface area contributed by atoms with Crippen LogP contribution in [0.2, 0.25) is 0 Å². The van der Waals surface area contributed by atoms with Crippen LogP contribution < -0.4 is 15.3 Å². The van der Waals surface area contributed by atoms with Crippen molar-refractivity contribution in [2.24, 2.45) is 0 Å². The third kappa shape index (κ3) is 7.45. The summed E-state index contributed by atoms with van der Waals surface area (Å²) in [5.41, 5.74) is 5.16. The Kier molecular flexibility index (Phi) is 10.0. The Bertz CT molecular complexity index is 1590. The number of para-hydroxylation sites is 1. The molecule has 1 aromatic carbocycles. The van der Waals surface area contributed by atoms with Gasteiger partial charge in [-0.25, -0.2) is 14.1 Å². The minimum absolute atomic E-state index is 0.0547. The van der Waals surface area contributed by atoms with Gasteiger partial charge in [0, 0.05) is 12.8 Å². The van der Waals surface area contributed by atoms with E-state index >= 15 is 0 Å². The van der Waals surface area contributed by atoms with Gasteiger partial charge in [-0.15, -0.1) is 0 Å². The van der Waals surface area contributed by atoms with Crippen LogP contribution in [0.3, 0.4) is 0 Å². The summed E-state index contributed by atoms with van der Waals surface area (Å²) in [4.78, 5) is 29.4. The van der Waals surface area contributed by atoms with Crippen molar-refractivity contribution in [2.45, 2.75) is 88.7 Å². The number of hydrogen-bond donors (Lipinski definition) is 2. The number of fused-ring (bicyclic) bond motifs is 1. The second-order valence-electron chi connectivity index (χ2n) is 11.1. The van der Waals surface area contributed by atoms with Gasteiger partial charge in [0.15, 0.2) is 5.82 Å². The molecule has 45 heavy (non-hydrogen) atoms. The molecule has 0 spiro atoms. The van der Waals surface area contributed by atoms with Gasteiger partial charge in [-0.1, -0.05) is 31.5 Å². The first-order valence-electron chi connectivity index (χ1n) is 15.0.